The summed E-state index contributed by atoms with van der Waals surface area (Å²) in [5, 5.41) is 12.6. The van der Waals surface area contributed by atoms with Crippen molar-refractivity contribution in [1.82, 2.24) is 9.88 Å². The molecule has 4 N–H and O–H groups in total. The highest BCUT2D eigenvalue weighted by molar-refractivity contribution is 7.79. The molecule has 4 rings (SSSR count). The fourth-order valence-electron chi connectivity index (χ4n) is 3.31. The molecule has 0 radical (unpaired) electrons. The Morgan fingerprint density at radius 3 is 2.28 bits per heavy atom. The van der Waals surface area contributed by atoms with Crippen LogP contribution in [0, 0.1) is 5.82 Å². The number of carboxylic acids is 1. The van der Waals surface area contributed by atoms with Gasteiger partial charge in [-0.3, -0.25) is 13.9 Å². The molecule has 1 saturated heterocycles. The third-order valence-corrected chi connectivity index (χ3v) is 4.73. The van der Waals surface area contributed by atoms with Gasteiger partial charge in [-0.05, 0) is 25.0 Å². The van der Waals surface area contributed by atoms with Crippen molar-refractivity contribution < 1.29 is 31.8 Å². The maximum absolute atomic E-state index is 14.6. The van der Waals surface area contributed by atoms with Crippen LogP contribution in [-0.2, 0) is 10.4 Å². The summed E-state index contributed by atoms with van der Waals surface area (Å²) in [4.78, 5) is 25.7. The molecule has 0 amide bonds. The van der Waals surface area contributed by atoms with Gasteiger partial charge in [-0.25, -0.2) is 9.18 Å². The summed E-state index contributed by atoms with van der Waals surface area (Å²) in [6.45, 7) is 2.96. The number of carboxylic acid groups (broad SMARTS) is 1. The number of hydrogen-bond acceptors (Lipinski definition) is 6. The van der Waals surface area contributed by atoms with Crippen molar-refractivity contribution in [1.29, 1.82) is 0 Å². The van der Waals surface area contributed by atoms with Crippen LogP contribution in [0.25, 0.3) is 10.9 Å². The van der Waals surface area contributed by atoms with Crippen LogP contribution in [0.4, 0.5) is 10.1 Å². The minimum atomic E-state index is -4.67. The third kappa shape index (κ3) is 5.09. The number of pyridine rings is 1. The molecule has 2 fully saturated rings. The molecule has 1 aromatic carbocycles. The standard InChI is InChI=1S/C17H18FN3O3.H2O4S/c18-13-7-11-14(8-15(13)20-5-3-19-4-6-20)21(10-1-2-10)9-12(16(11)22)17(23)24;1-5(2,3)4/h7-10,19H,1-6H2,(H,23,24);(H2,1,2,3,4). The lowest BCUT2D eigenvalue weighted by molar-refractivity contribution is 0.0694. The number of carbonyl (C=O) groups is 1. The molecule has 1 aliphatic heterocycles. The molecular formula is C17H20FN3O7S. The first-order valence-corrected chi connectivity index (χ1v) is 10.2. The number of rotatable bonds is 3. The van der Waals surface area contributed by atoms with E-state index in [1.807, 2.05) is 9.47 Å². The van der Waals surface area contributed by atoms with Crippen LogP contribution in [0.5, 0.6) is 0 Å². The van der Waals surface area contributed by atoms with Gasteiger partial charge < -0.3 is 19.9 Å². The highest BCUT2D eigenvalue weighted by Crippen LogP contribution is 2.38. The number of benzene rings is 1. The normalized spacial score (nSPS) is 17.0. The minimum Gasteiger partial charge on any atom is -0.477 e. The van der Waals surface area contributed by atoms with E-state index in [1.54, 1.807) is 6.07 Å². The van der Waals surface area contributed by atoms with Crippen LogP contribution in [0.15, 0.2) is 23.1 Å². The van der Waals surface area contributed by atoms with Crippen molar-refractivity contribution in [2.45, 2.75) is 18.9 Å². The molecule has 0 spiro atoms. The quantitative estimate of drug-likeness (QED) is 0.523. The van der Waals surface area contributed by atoms with E-state index >= 15 is 0 Å². The van der Waals surface area contributed by atoms with Gasteiger partial charge in [-0.1, -0.05) is 0 Å². The molecule has 1 aromatic heterocycles. The van der Waals surface area contributed by atoms with E-state index < -0.39 is 27.6 Å². The highest BCUT2D eigenvalue weighted by atomic mass is 32.3. The summed E-state index contributed by atoms with van der Waals surface area (Å²) in [6, 6.07) is 3.08. The van der Waals surface area contributed by atoms with Crippen molar-refractivity contribution in [3.63, 3.8) is 0 Å². The Morgan fingerprint density at radius 2 is 1.76 bits per heavy atom. The molecule has 29 heavy (non-hydrogen) atoms. The molecule has 0 unspecified atom stereocenters. The Kier molecular flexibility index (Phi) is 5.89. The Labute approximate surface area is 165 Å². The predicted molar refractivity (Wildman–Crippen MR) is 103 cm³/mol. The monoisotopic (exact) mass is 429 g/mol. The van der Waals surface area contributed by atoms with E-state index in [4.69, 9.17) is 17.5 Å². The minimum absolute atomic E-state index is 0.137. The van der Waals surface area contributed by atoms with Crippen LogP contribution in [0.2, 0.25) is 0 Å². The van der Waals surface area contributed by atoms with Gasteiger partial charge in [-0.2, -0.15) is 8.42 Å². The van der Waals surface area contributed by atoms with E-state index in [0.717, 1.165) is 25.9 Å². The fraction of sp³-hybridized carbons (Fsp3) is 0.412. The van der Waals surface area contributed by atoms with Gasteiger partial charge in [0.05, 0.1) is 11.2 Å². The summed E-state index contributed by atoms with van der Waals surface area (Å²) >= 11 is 0. The Bertz CT molecular complexity index is 1100. The lowest BCUT2D eigenvalue weighted by Crippen LogP contribution is -2.43. The molecule has 1 saturated carbocycles. The van der Waals surface area contributed by atoms with Gasteiger partial charge in [0, 0.05) is 43.8 Å². The Hall–Kier alpha value is -2.54. The second-order valence-corrected chi connectivity index (χ2v) is 7.72. The van der Waals surface area contributed by atoms with Gasteiger partial charge in [0.2, 0.25) is 5.43 Å². The maximum atomic E-state index is 14.6. The summed E-state index contributed by atoms with van der Waals surface area (Å²) in [5.74, 6) is -1.76. The van der Waals surface area contributed by atoms with E-state index in [2.05, 4.69) is 5.32 Å². The number of nitrogens with one attached hydrogen (secondary N) is 1. The first-order chi connectivity index (χ1) is 13.6. The second-order valence-electron chi connectivity index (χ2n) is 6.82. The lowest BCUT2D eigenvalue weighted by atomic mass is 10.1. The molecule has 12 heteroatoms. The van der Waals surface area contributed by atoms with Crippen molar-refractivity contribution >= 4 is 33.0 Å². The SMILES string of the molecule is O=C(O)c1cn(C2CC2)c2cc(N3CCNCC3)c(F)cc2c1=O.O=S(=O)(O)O. The van der Waals surface area contributed by atoms with Gasteiger partial charge in [0.1, 0.15) is 11.4 Å². The Morgan fingerprint density at radius 1 is 1.17 bits per heavy atom. The number of piperazine rings is 1. The fourth-order valence-corrected chi connectivity index (χ4v) is 3.31. The largest absolute Gasteiger partial charge is 0.477 e. The topological polar surface area (TPSA) is 149 Å². The number of nitrogens with zero attached hydrogens (tertiary/aromatic N) is 2. The van der Waals surface area contributed by atoms with E-state index in [-0.39, 0.29) is 17.0 Å². The molecule has 0 bridgehead atoms. The summed E-state index contributed by atoms with van der Waals surface area (Å²) in [7, 11) is -4.67. The van der Waals surface area contributed by atoms with Gasteiger partial charge in [0.15, 0.2) is 0 Å². The zero-order valence-electron chi connectivity index (χ0n) is 15.2. The molecule has 0 atom stereocenters. The van der Waals surface area contributed by atoms with Crippen LogP contribution >= 0.6 is 0 Å². The first kappa shape index (κ1) is 21.2. The second kappa shape index (κ2) is 8.06. The molecule has 1 aliphatic carbocycles. The highest BCUT2D eigenvalue weighted by Gasteiger charge is 2.28. The molecule has 158 valence electrons. The van der Waals surface area contributed by atoms with E-state index in [1.165, 1.54) is 12.3 Å². The Balaban J connectivity index is 0.000000431. The average molecular weight is 429 g/mol. The summed E-state index contributed by atoms with van der Waals surface area (Å²) in [5.41, 5.74) is 0.159. The molecule has 2 heterocycles. The van der Waals surface area contributed by atoms with E-state index in [0.29, 0.717) is 24.3 Å². The smallest absolute Gasteiger partial charge is 0.394 e. The number of halogens is 1. The van der Waals surface area contributed by atoms with Crippen LogP contribution in [0.3, 0.4) is 0 Å². The van der Waals surface area contributed by atoms with Crippen LogP contribution in [-0.4, -0.2) is 59.3 Å². The molecule has 2 aliphatic rings. The first-order valence-electron chi connectivity index (χ1n) is 8.83. The predicted octanol–water partition coefficient (Wildman–Crippen LogP) is 0.931. The van der Waals surface area contributed by atoms with Crippen molar-refractivity contribution in [3.05, 3.63) is 39.9 Å². The number of aromatic carboxylic acids is 1. The number of anilines is 1. The van der Waals surface area contributed by atoms with E-state index in [9.17, 15) is 19.1 Å². The zero-order chi connectivity index (χ0) is 21.3. The van der Waals surface area contributed by atoms with Crippen LogP contribution in [0.1, 0.15) is 29.2 Å². The van der Waals surface area contributed by atoms with Crippen molar-refractivity contribution in [2.24, 2.45) is 0 Å². The van der Waals surface area contributed by atoms with Crippen molar-refractivity contribution in [2.75, 3.05) is 31.1 Å². The molecule has 2 aromatic rings. The number of hydrogen-bond donors (Lipinski definition) is 4. The molecule has 10 nitrogen and oxygen atoms in total. The van der Waals surface area contributed by atoms with Crippen molar-refractivity contribution in [3.8, 4) is 0 Å². The lowest BCUT2D eigenvalue weighted by Gasteiger charge is -2.30. The average Bonchev–Trinajstić information content (AvgIpc) is 3.46. The van der Waals surface area contributed by atoms with Crippen LogP contribution < -0.4 is 15.6 Å². The zero-order valence-corrected chi connectivity index (χ0v) is 16.0. The summed E-state index contributed by atoms with van der Waals surface area (Å²) in [6.07, 6.45) is 3.29. The van der Waals surface area contributed by atoms with Gasteiger partial charge in [0.25, 0.3) is 0 Å². The summed E-state index contributed by atoms with van der Waals surface area (Å²) < 4.78 is 48.0. The number of aromatic nitrogens is 1. The number of fused-ring (bicyclic) bond motifs is 1. The van der Waals surface area contributed by atoms with Gasteiger partial charge >= 0.3 is 16.4 Å². The molecular weight excluding hydrogens is 409 g/mol. The third-order valence-electron chi connectivity index (χ3n) is 4.73. The van der Waals surface area contributed by atoms with Gasteiger partial charge in [-0.15, -0.1) is 0 Å². The maximum Gasteiger partial charge on any atom is 0.394 e.